The van der Waals surface area contributed by atoms with E-state index in [4.69, 9.17) is 10.2 Å². The van der Waals surface area contributed by atoms with E-state index in [0.717, 1.165) is 66.8 Å². The van der Waals surface area contributed by atoms with Crippen LogP contribution in [0.4, 0.5) is 0 Å². The van der Waals surface area contributed by atoms with Gasteiger partial charge in [0, 0.05) is 41.5 Å². The summed E-state index contributed by atoms with van der Waals surface area (Å²) in [6.45, 7) is 0. The molecule has 0 N–H and O–H groups in total. The second-order valence-electron chi connectivity index (χ2n) is 12.1. The van der Waals surface area contributed by atoms with Crippen LogP contribution in [0.3, 0.4) is 0 Å². The monoisotopic (exact) mass is 627 g/mol. The van der Waals surface area contributed by atoms with E-state index in [2.05, 4.69) is 149 Å². The van der Waals surface area contributed by atoms with E-state index in [0.29, 0.717) is 0 Å². The summed E-state index contributed by atoms with van der Waals surface area (Å²) in [7, 11) is 0. The molecule has 6 aromatic carbocycles. The number of hydrogen-bond donors (Lipinski definition) is 0. The first kappa shape index (κ1) is 28.5. The third kappa shape index (κ3) is 5.43. The second-order valence-corrected chi connectivity index (χ2v) is 12.1. The van der Waals surface area contributed by atoms with Gasteiger partial charge in [0.05, 0.1) is 5.69 Å². The highest BCUT2D eigenvalue weighted by Gasteiger charge is 2.16. The van der Waals surface area contributed by atoms with Crippen molar-refractivity contribution in [2.24, 2.45) is 0 Å². The average Bonchev–Trinajstić information content (AvgIpc) is 3.63. The van der Waals surface area contributed by atoms with Gasteiger partial charge in [-0.3, -0.25) is 9.97 Å². The quantitative estimate of drug-likeness (QED) is 0.184. The van der Waals surface area contributed by atoms with Crippen molar-refractivity contribution in [1.29, 1.82) is 0 Å². The van der Waals surface area contributed by atoms with Crippen LogP contribution in [-0.2, 0) is 0 Å². The molecule has 9 rings (SSSR count). The average molecular weight is 628 g/mol. The molecule has 0 aliphatic rings. The van der Waals surface area contributed by atoms with Gasteiger partial charge in [-0.2, -0.15) is 4.80 Å². The molecule has 0 amide bonds. The number of benzene rings is 6. The van der Waals surface area contributed by atoms with Crippen molar-refractivity contribution in [1.82, 2.24) is 25.0 Å². The van der Waals surface area contributed by atoms with Crippen LogP contribution in [0, 0.1) is 0 Å². The molecule has 0 fully saturated rings. The first-order chi connectivity index (χ1) is 24.3. The summed E-state index contributed by atoms with van der Waals surface area (Å²) in [5.41, 5.74) is 13.5. The summed E-state index contributed by atoms with van der Waals surface area (Å²) in [4.78, 5) is 10.4. The van der Waals surface area contributed by atoms with Crippen molar-refractivity contribution < 1.29 is 0 Å². The van der Waals surface area contributed by atoms with Crippen LogP contribution >= 0.6 is 0 Å². The van der Waals surface area contributed by atoms with Gasteiger partial charge < -0.3 is 0 Å². The standard InChI is InChI=1S/C44H29N5/c1-2-16-40-30(8-1)9-5-17-41(40)31-18-20-39(21-19-31)49-47-43-27-38(34-12-3-10-32(24-34)36-14-6-22-45-28-36)26-42(44(43)48-49)35-13-4-11-33(25-35)37-15-7-23-46-29-37/h1-29H. The molecule has 9 aromatic rings. The second kappa shape index (κ2) is 12.1. The zero-order chi connectivity index (χ0) is 32.6. The summed E-state index contributed by atoms with van der Waals surface area (Å²) >= 11 is 0. The SMILES string of the molecule is c1cncc(-c2cccc(-c3cc(-c4cccc(-c5cccnc5)c4)c4nn(-c5ccc(-c6cccc7ccccc67)cc5)nc4c3)c2)c1. The summed E-state index contributed by atoms with van der Waals surface area (Å²) < 4.78 is 0. The summed E-state index contributed by atoms with van der Waals surface area (Å²) in [6, 6.07) is 53.0. The highest BCUT2D eigenvalue weighted by molar-refractivity contribution is 5.98. The van der Waals surface area contributed by atoms with Gasteiger partial charge in [0.1, 0.15) is 11.0 Å². The molecule has 5 nitrogen and oxygen atoms in total. The zero-order valence-corrected chi connectivity index (χ0v) is 26.5. The van der Waals surface area contributed by atoms with E-state index in [1.165, 1.54) is 16.3 Å². The molecule has 0 unspecified atom stereocenters. The lowest BCUT2D eigenvalue weighted by molar-refractivity contribution is 0.766. The van der Waals surface area contributed by atoms with Crippen LogP contribution in [0.5, 0.6) is 0 Å². The van der Waals surface area contributed by atoms with E-state index >= 15 is 0 Å². The molecular weight excluding hydrogens is 599 g/mol. The van der Waals surface area contributed by atoms with Crippen LogP contribution in [0.25, 0.3) is 83.1 Å². The van der Waals surface area contributed by atoms with Gasteiger partial charge in [-0.05, 0) is 98.2 Å². The molecule has 230 valence electrons. The van der Waals surface area contributed by atoms with Gasteiger partial charge in [-0.25, -0.2) is 0 Å². The fraction of sp³-hybridized carbons (Fsp3) is 0. The first-order valence-electron chi connectivity index (χ1n) is 16.3. The van der Waals surface area contributed by atoms with Crippen LogP contribution in [-0.4, -0.2) is 25.0 Å². The molecule has 0 saturated carbocycles. The predicted octanol–water partition coefficient (Wildman–Crippen LogP) is 10.7. The Balaban J connectivity index is 1.17. The molecule has 0 radical (unpaired) electrons. The van der Waals surface area contributed by atoms with Gasteiger partial charge in [-0.15, -0.1) is 10.2 Å². The Bertz CT molecular complexity index is 2590. The van der Waals surface area contributed by atoms with Gasteiger partial charge >= 0.3 is 0 Å². The number of aromatic nitrogens is 5. The number of hydrogen-bond acceptors (Lipinski definition) is 4. The molecule has 0 spiro atoms. The predicted molar refractivity (Wildman–Crippen MR) is 199 cm³/mol. The van der Waals surface area contributed by atoms with Gasteiger partial charge in [-0.1, -0.05) is 103 Å². The number of fused-ring (bicyclic) bond motifs is 2. The van der Waals surface area contributed by atoms with Crippen molar-refractivity contribution in [3.05, 3.63) is 176 Å². The minimum absolute atomic E-state index is 0.823. The van der Waals surface area contributed by atoms with Gasteiger partial charge in [0.15, 0.2) is 0 Å². The van der Waals surface area contributed by atoms with Gasteiger partial charge in [0.2, 0.25) is 0 Å². The summed E-state index contributed by atoms with van der Waals surface area (Å²) in [5.74, 6) is 0. The molecule has 0 saturated heterocycles. The van der Waals surface area contributed by atoms with Crippen molar-refractivity contribution in [2.45, 2.75) is 0 Å². The van der Waals surface area contributed by atoms with Gasteiger partial charge in [0.25, 0.3) is 0 Å². The fourth-order valence-electron chi connectivity index (χ4n) is 6.58. The number of pyridine rings is 2. The van der Waals surface area contributed by atoms with Crippen molar-refractivity contribution in [3.63, 3.8) is 0 Å². The molecular formula is C44H29N5. The third-order valence-corrected chi connectivity index (χ3v) is 9.05. The number of rotatable bonds is 6. The Morgan fingerprint density at radius 3 is 1.71 bits per heavy atom. The fourth-order valence-corrected chi connectivity index (χ4v) is 6.58. The molecule has 0 atom stereocenters. The van der Waals surface area contributed by atoms with E-state index in [-0.39, 0.29) is 0 Å². The highest BCUT2D eigenvalue weighted by Crippen LogP contribution is 2.36. The summed E-state index contributed by atoms with van der Waals surface area (Å²) in [6.07, 6.45) is 7.39. The minimum Gasteiger partial charge on any atom is -0.264 e. The van der Waals surface area contributed by atoms with Crippen molar-refractivity contribution in [2.75, 3.05) is 0 Å². The lowest BCUT2D eigenvalue weighted by Crippen LogP contribution is -1.98. The summed E-state index contributed by atoms with van der Waals surface area (Å²) in [5, 5.41) is 12.6. The largest absolute Gasteiger partial charge is 0.264 e. The van der Waals surface area contributed by atoms with E-state index in [9.17, 15) is 0 Å². The molecule has 0 aliphatic carbocycles. The lowest BCUT2D eigenvalue weighted by atomic mass is 9.94. The molecule has 0 aliphatic heterocycles. The molecule has 0 bridgehead atoms. The Morgan fingerprint density at radius 2 is 1.00 bits per heavy atom. The maximum atomic E-state index is 5.10. The Kier molecular flexibility index (Phi) is 7.06. The van der Waals surface area contributed by atoms with Crippen LogP contribution < -0.4 is 0 Å². The van der Waals surface area contributed by atoms with Crippen LogP contribution in [0.1, 0.15) is 0 Å². The Labute approximate surface area is 283 Å². The Morgan fingerprint density at radius 1 is 0.388 bits per heavy atom. The zero-order valence-electron chi connectivity index (χ0n) is 26.5. The van der Waals surface area contributed by atoms with E-state index in [1.54, 1.807) is 17.2 Å². The van der Waals surface area contributed by atoms with E-state index < -0.39 is 0 Å². The van der Waals surface area contributed by atoms with Crippen molar-refractivity contribution >= 4 is 21.8 Å². The first-order valence-corrected chi connectivity index (χ1v) is 16.3. The normalized spacial score (nSPS) is 11.3. The molecule has 5 heteroatoms. The minimum atomic E-state index is 0.823. The maximum Gasteiger partial charge on any atom is 0.121 e. The molecule has 49 heavy (non-hydrogen) atoms. The highest BCUT2D eigenvalue weighted by atomic mass is 15.5. The van der Waals surface area contributed by atoms with Crippen LogP contribution in [0.15, 0.2) is 176 Å². The topological polar surface area (TPSA) is 56.5 Å². The molecule has 3 heterocycles. The maximum absolute atomic E-state index is 5.10. The number of nitrogens with zero attached hydrogens (tertiary/aromatic N) is 5. The smallest absolute Gasteiger partial charge is 0.121 e. The lowest BCUT2D eigenvalue weighted by Gasteiger charge is -2.10. The van der Waals surface area contributed by atoms with E-state index in [1.807, 2.05) is 24.5 Å². The van der Waals surface area contributed by atoms with Crippen molar-refractivity contribution in [3.8, 4) is 61.3 Å². The third-order valence-electron chi connectivity index (χ3n) is 9.05. The van der Waals surface area contributed by atoms with Crippen LogP contribution in [0.2, 0.25) is 0 Å². The Hall–Kier alpha value is -6.72. The molecule has 3 aromatic heterocycles.